The van der Waals surface area contributed by atoms with Crippen molar-refractivity contribution in [1.29, 1.82) is 0 Å². The van der Waals surface area contributed by atoms with Crippen LogP contribution in [-0.4, -0.2) is 53.8 Å². The highest BCUT2D eigenvalue weighted by Crippen LogP contribution is 2.22. The van der Waals surface area contributed by atoms with E-state index in [1.165, 1.54) is 9.78 Å². The lowest BCUT2D eigenvalue weighted by atomic mass is 10.1. The zero-order valence-electron chi connectivity index (χ0n) is 17.8. The van der Waals surface area contributed by atoms with Gasteiger partial charge in [0.2, 0.25) is 0 Å². The molecule has 8 heteroatoms. The number of hydrogen-bond donors (Lipinski definition) is 2. The van der Waals surface area contributed by atoms with Crippen LogP contribution in [0.2, 0.25) is 0 Å². The van der Waals surface area contributed by atoms with Gasteiger partial charge in [0.1, 0.15) is 0 Å². The fraction of sp³-hybridized carbons (Fsp3) is 0.455. The number of aromatic nitrogens is 1. The molecule has 0 bridgehead atoms. The molecule has 1 aliphatic rings. The summed E-state index contributed by atoms with van der Waals surface area (Å²) in [6.07, 6.45) is 2.39. The zero-order valence-corrected chi connectivity index (χ0v) is 18.6. The van der Waals surface area contributed by atoms with Crippen LogP contribution in [0.5, 0.6) is 0 Å². The summed E-state index contributed by atoms with van der Waals surface area (Å²) in [6.45, 7) is 8.78. The Kier molecular flexibility index (Phi) is 7.57. The van der Waals surface area contributed by atoms with E-state index in [0.29, 0.717) is 24.2 Å². The molecule has 30 heavy (non-hydrogen) atoms. The van der Waals surface area contributed by atoms with Crippen LogP contribution in [-0.2, 0) is 6.42 Å². The molecule has 1 aliphatic heterocycles. The number of nitrogens with zero attached hydrogens (tertiary/aromatic N) is 3. The molecular formula is C22H29N5O2S. The van der Waals surface area contributed by atoms with E-state index in [1.807, 2.05) is 13.8 Å². The van der Waals surface area contributed by atoms with Crippen molar-refractivity contribution in [3.05, 3.63) is 51.0 Å². The summed E-state index contributed by atoms with van der Waals surface area (Å²) in [5.41, 5.74) is 2.11. The van der Waals surface area contributed by atoms with Crippen LogP contribution >= 0.6 is 11.3 Å². The van der Waals surface area contributed by atoms with E-state index in [9.17, 15) is 9.59 Å². The highest BCUT2D eigenvalue weighted by atomic mass is 32.1. The van der Waals surface area contributed by atoms with Gasteiger partial charge in [-0.15, -0.1) is 11.3 Å². The van der Waals surface area contributed by atoms with Crippen molar-refractivity contribution >= 4 is 29.1 Å². The fourth-order valence-corrected chi connectivity index (χ4v) is 4.22. The highest BCUT2D eigenvalue weighted by Gasteiger charge is 2.34. The molecule has 7 nitrogen and oxygen atoms in total. The second kappa shape index (κ2) is 10.3. The Morgan fingerprint density at radius 1 is 1.10 bits per heavy atom. The van der Waals surface area contributed by atoms with Gasteiger partial charge in [-0.25, -0.2) is 4.98 Å². The van der Waals surface area contributed by atoms with E-state index >= 15 is 0 Å². The van der Waals surface area contributed by atoms with Crippen LogP contribution in [0.4, 0.5) is 0 Å². The smallest absolute Gasteiger partial charge is 0.261 e. The van der Waals surface area contributed by atoms with Crippen LogP contribution in [0.1, 0.15) is 56.1 Å². The van der Waals surface area contributed by atoms with E-state index in [2.05, 4.69) is 27.5 Å². The number of aryl methyl sites for hydroxylation is 2. The third-order valence-corrected chi connectivity index (χ3v) is 6.12. The summed E-state index contributed by atoms with van der Waals surface area (Å²) in [5, 5.41) is 7.72. The number of fused-ring (bicyclic) bond motifs is 1. The maximum atomic E-state index is 12.4. The van der Waals surface area contributed by atoms with Crippen LogP contribution in [0, 0.1) is 13.8 Å². The molecule has 0 fully saturated rings. The number of thiazole rings is 1. The molecule has 2 N–H and O–H groups in total. The molecule has 0 atom stereocenters. The first kappa shape index (κ1) is 22.0. The third kappa shape index (κ3) is 5.24. The van der Waals surface area contributed by atoms with Crippen molar-refractivity contribution in [3.63, 3.8) is 0 Å². The minimum Gasteiger partial charge on any atom is -0.357 e. The maximum Gasteiger partial charge on any atom is 0.261 e. The largest absolute Gasteiger partial charge is 0.357 e. The second-order valence-corrected chi connectivity index (χ2v) is 8.49. The van der Waals surface area contributed by atoms with Crippen LogP contribution < -0.4 is 10.6 Å². The van der Waals surface area contributed by atoms with Crippen LogP contribution in [0.3, 0.4) is 0 Å². The van der Waals surface area contributed by atoms with Gasteiger partial charge in [0.05, 0.1) is 21.8 Å². The van der Waals surface area contributed by atoms with Crippen molar-refractivity contribution < 1.29 is 9.59 Å². The Morgan fingerprint density at radius 2 is 1.80 bits per heavy atom. The van der Waals surface area contributed by atoms with Gasteiger partial charge >= 0.3 is 0 Å². The normalized spacial score (nSPS) is 13.7. The molecule has 0 saturated heterocycles. The lowest BCUT2D eigenvalue weighted by Gasteiger charge is -2.13. The average Bonchev–Trinajstić information content (AvgIpc) is 3.18. The molecule has 1 aromatic carbocycles. The molecule has 2 amide bonds. The highest BCUT2D eigenvalue weighted by molar-refractivity contribution is 7.11. The van der Waals surface area contributed by atoms with Crippen molar-refractivity contribution in [2.75, 3.05) is 26.2 Å². The number of benzene rings is 1. The van der Waals surface area contributed by atoms with Crippen LogP contribution in [0.15, 0.2) is 29.3 Å². The SMILES string of the molecule is CCNC(=NCCCCN1C(=O)c2ccccc2C1=O)NCCc1nc(C)c(C)s1. The van der Waals surface area contributed by atoms with Gasteiger partial charge in [-0.1, -0.05) is 12.1 Å². The monoisotopic (exact) mass is 427 g/mol. The molecule has 0 radical (unpaired) electrons. The molecule has 0 aliphatic carbocycles. The molecule has 160 valence electrons. The number of aliphatic imine (C=N–C) groups is 1. The molecule has 2 heterocycles. The standard InChI is InChI=1S/C22H29N5O2S/c1-4-23-22(25-13-11-19-26-15(2)16(3)30-19)24-12-7-8-14-27-20(28)17-9-5-6-10-18(17)21(27)29/h5-6,9-10H,4,7-8,11-14H2,1-3H3,(H2,23,24,25). The van der Waals surface area contributed by atoms with Gasteiger partial charge in [0.25, 0.3) is 11.8 Å². The minimum atomic E-state index is -0.193. The summed E-state index contributed by atoms with van der Waals surface area (Å²) in [4.78, 5) is 36.5. The number of rotatable bonds is 9. The van der Waals surface area contributed by atoms with Crippen molar-refractivity contribution in [1.82, 2.24) is 20.5 Å². The number of amides is 2. The molecular weight excluding hydrogens is 398 g/mol. The maximum absolute atomic E-state index is 12.4. The van der Waals surface area contributed by atoms with Gasteiger partial charge in [0, 0.05) is 37.5 Å². The topological polar surface area (TPSA) is 86.7 Å². The lowest BCUT2D eigenvalue weighted by Crippen LogP contribution is -2.38. The first-order chi connectivity index (χ1) is 14.5. The summed E-state index contributed by atoms with van der Waals surface area (Å²) >= 11 is 1.74. The summed E-state index contributed by atoms with van der Waals surface area (Å²) in [7, 11) is 0. The molecule has 0 saturated carbocycles. The van der Waals surface area contributed by atoms with Crippen molar-refractivity contribution in [3.8, 4) is 0 Å². The number of nitrogens with one attached hydrogen (secondary N) is 2. The summed E-state index contributed by atoms with van der Waals surface area (Å²) in [6, 6.07) is 6.99. The summed E-state index contributed by atoms with van der Waals surface area (Å²) < 4.78 is 0. The molecule has 0 spiro atoms. The molecule has 2 aromatic rings. The van der Waals surface area contributed by atoms with E-state index in [0.717, 1.165) is 49.0 Å². The third-order valence-electron chi connectivity index (χ3n) is 4.99. The number of carbonyl (C=O) groups is 2. The molecule has 1 aromatic heterocycles. The Morgan fingerprint density at radius 3 is 2.40 bits per heavy atom. The van der Waals surface area contributed by atoms with Gasteiger partial charge < -0.3 is 10.6 Å². The quantitative estimate of drug-likeness (QED) is 0.278. The van der Waals surface area contributed by atoms with E-state index in [-0.39, 0.29) is 11.8 Å². The van der Waals surface area contributed by atoms with Crippen LogP contribution in [0.25, 0.3) is 0 Å². The number of hydrogen-bond acceptors (Lipinski definition) is 5. The van der Waals surface area contributed by atoms with Gasteiger partial charge in [-0.3, -0.25) is 19.5 Å². The second-order valence-electron chi connectivity index (χ2n) is 7.20. The average molecular weight is 428 g/mol. The Labute approximate surface area is 181 Å². The number of guanidine groups is 1. The van der Waals surface area contributed by atoms with E-state index in [4.69, 9.17) is 0 Å². The Hall–Kier alpha value is -2.74. The fourth-order valence-electron chi connectivity index (χ4n) is 3.29. The Balaban J connectivity index is 1.41. The minimum absolute atomic E-state index is 0.193. The number of imide groups is 1. The predicted molar refractivity (Wildman–Crippen MR) is 120 cm³/mol. The molecule has 3 rings (SSSR count). The van der Waals surface area contributed by atoms with Gasteiger partial charge in [-0.05, 0) is 45.7 Å². The number of unbranched alkanes of at least 4 members (excludes halogenated alkanes) is 1. The van der Waals surface area contributed by atoms with E-state index < -0.39 is 0 Å². The Bertz CT molecular complexity index is 883. The first-order valence-corrected chi connectivity index (χ1v) is 11.2. The summed E-state index contributed by atoms with van der Waals surface area (Å²) in [5.74, 6) is 0.395. The van der Waals surface area contributed by atoms with Gasteiger partial charge in [-0.2, -0.15) is 0 Å². The molecule has 0 unspecified atom stereocenters. The number of carbonyl (C=O) groups excluding carboxylic acids is 2. The van der Waals surface area contributed by atoms with Gasteiger partial charge in [0.15, 0.2) is 5.96 Å². The predicted octanol–water partition coefficient (Wildman–Crippen LogP) is 2.93. The van der Waals surface area contributed by atoms with E-state index in [1.54, 1.807) is 35.6 Å². The van der Waals surface area contributed by atoms with Crippen molar-refractivity contribution in [2.45, 2.75) is 40.0 Å². The first-order valence-electron chi connectivity index (χ1n) is 10.4. The van der Waals surface area contributed by atoms with Crippen molar-refractivity contribution in [2.24, 2.45) is 4.99 Å². The lowest BCUT2D eigenvalue weighted by molar-refractivity contribution is 0.0652. The zero-order chi connectivity index (χ0) is 21.5.